The summed E-state index contributed by atoms with van der Waals surface area (Å²) in [5.41, 5.74) is 0.605. The number of ketones is 1. The Morgan fingerprint density at radius 1 is 0.759 bits per heavy atom. The molecule has 2 heterocycles. The second-order valence-electron chi connectivity index (χ2n) is 11.8. The predicted molar refractivity (Wildman–Crippen MR) is 121 cm³/mol. The molecule has 166 valence electrons. The average Bonchev–Trinajstić information content (AvgIpc) is 2.72. The molecule has 2 saturated heterocycles. The number of carbonyl (C=O) groups is 1. The summed E-state index contributed by atoms with van der Waals surface area (Å²) in [6.45, 7) is 14.3. The summed E-state index contributed by atoms with van der Waals surface area (Å²) in [6, 6.07) is 1.70. The van der Waals surface area contributed by atoms with Crippen LogP contribution in [0.15, 0.2) is 0 Å². The number of hydrogen-bond acceptors (Lipinski definition) is 3. The van der Waals surface area contributed by atoms with Gasteiger partial charge in [-0.05, 0) is 108 Å². The Labute approximate surface area is 180 Å². The van der Waals surface area contributed by atoms with Crippen molar-refractivity contribution in [1.29, 1.82) is 0 Å². The van der Waals surface area contributed by atoms with Crippen LogP contribution < -0.4 is 0 Å². The monoisotopic (exact) mass is 402 g/mol. The van der Waals surface area contributed by atoms with E-state index in [1.165, 1.54) is 77.5 Å². The van der Waals surface area contributed by atoms with Gasteiger partial charge in [-0.2, -0.15) is 0 Å². The first-order valence-corrected chi connectivity index (χ1v) is 12.9. The molecule has 0 aromatic carbocycles. The van der Waals surface area contributed by atoms with Crippen molar-refractivity contribution in [1.82, 2.24) is 9.80 Å². The van der Waals surface area contributed by atoms with Crippen molar-refractivity contribution in [2.45, 2.75) is 104 Å². The maximum Gasteiger partial charge on any atom is 0.138 e. The van der Waals surface area contributed by atoms with Crippen LogP contribution in [-0.2, 0) is 4.79 Å². The number of Topliss-reactive ketones (excluding diaryl/α,β-unsaturated/α-hetero) is 1. The van der Waals surface area contributed by atoms with Crippen molar-refractivity contribution in [3.8, 4) is 0 Å². The largest absolute Gasteiger partial charge is 0.300 e. The lowest BCUT2D eigenvalue weighted by molar-refractivity contribution is -0.129. The molecule has 4 rings (SSSR count). The zero-order valence-corrected chi connectivity index (χ0v) is 19.7. The van der Waals surface area contributed by atoms with Crippen molar-refractivity contribution < 1.29 is 4.79 Å². The number of likely N-dealkylation sites (tertiary alicyclic amines) is 2. The molecule has 0 radical (unpaired) electrons. The lowest BCUT2D eigenvalue weighted by Crippen LogP contribution is -2.56. The van der Waals surface area contributed by atoms with Gasteiger partial charge in [0.2, 0.25) is 0 Å². The van der Waals surface area contributed by atoms with Crippen LogP contribution in [0.2, 0.25) is 0 Å². The molecule has 0 unspecified atom stereocenters. The molecule has 0 atom stereocenters. The van der Waals surface area contributed by atoms with Crippen LogP contribution in [0, 0.1) is 29.1 Å². The van der Waals surface area contributed by atoms with Gasteiger partial charge in [0, 0.05) is 23.9 Å². The van der Waals surface area contributed by atoms with E-state index in [4.69, 9.17) is 0 Å². The van der Waals surface area contributed by atoms with Crippen molar-refractivity contribution in [2.75, 3.05) is 26.2 Å². The van der Waals surface area contributed by atoms with Crippen molar-refractivity contribution in [2.24, 2.45) is 29.1 Å². The molecule has 0 aromatic heterocycles. The maximum absolute atomic E-state index is 12.3. The molecule has 2 saturated carbocycles. The quantitative estimate of drug-likeness (QED) is 0.616. The summed E-state index contributed by atoms with van der Waals surface area (Å²) >= 11 is 0. The Morgan fingerprint density at radius 2 is 1.28 bits per heavy atom. The minimum atomic E-state index is 0.223. The summed E-state index contributed by atoms with van der Waals surface area (Å²) in [5.74, 6) is 2.94. The Morgan fingerprint density at radius 3 is 1.79 bits per heavy atom. The van der Waals surface area contributed by atoms with E-state index in [-0.39, 0.29) is 5.92 Å². The summed E-state index contributed by atoms with van der Waals surface area (Å²) in [5, 5.41) is 0. The van der Waals surface area contributed by atoms with Gasteiger partial charge in [-0.3, -0.25) is 4.79 Å². The Kier molecular flexibility index (Phi) is 6.76. The number of hydrogen-bond donors (Lipinski definition) is 0. The van der Waals surface area contributed by atoms with E-state index in [0.717, 1.165) is 36.8 Å². The molecule has 3 nitrogen and oxygen atoms in total. The molecule has 0 N–H and O–H groups in total. The van der Waals surface area contributed by atoms with Gasteiger partial charge in [0.25, 0.3) is 0 Å². The van der Waals surface area contributed by atoms with E-state index < -0.39 is 0 Å². The van der Waals surface area contributed by atoms with Crippen LogP contribution in [0.25, 0.3) is 0 Å². The van der Waals surface area contributed by atoms with E-state index in [9.17, 15) is 4.79 Å². The fourth-order valence-corrected chi connectivity index (χ4v) is 7.16. The molecule has 3 heteroatoms. The van der Waals surface area contributed by atoms with Crippen LogP contribution in [0.4, 0.5) is 0 Å². The van der Waals surface area contributed by atoms with E-state index in [1.54, 1.807) is 0 Å². The van der Waals surface area contributed by atoms with E-state index in [1.807, 2.05) is 0 Å². The van der Waals surface area contributed by atoms with Crippen molar-refractivity contribution >= 4 is 5.78 Å². The van der Waals surface area contributed by atoms with Gasteiger partial charge >= 0.3 is 0 Å². The first kappa shape index (κ1) is 21.8. The third-order valence-electron chi connectivity index (χ3n) is 9.40. The second-order valence-corrected chi connectivity index (χ2v) is 11.8. The van der Waals surface area contributed by atoms with Gasteiger partial charge < -0.3 is 9.80 Å². The highest BCUT2D eigenvalue weighted by Crippen LogP contribution is 2.54. The number of rotatable bonds is 5. The first-order valence-electron chi connectivity index (χ1n) is 12.9. The molecule has 1 spiro atoms. The summed E-state index contributed by atoms with van der Waals surface area (Å²) in [7, 11) is 0. The summed E-state index contributed by atoms with van der Waals surface area (Å²) in [6.07, 6.45) is 13.4. The van der Waals surface area contributed by atoms with Crippen LogP contribution >= 0.6 is 0 Å². The maximum atomic E-state index is 12.3. The van der Waals surface area contributed by atoms with Gasteiger partial charge in [0.1, 0.15) is 5.78 Å². The van der Waals surface area contributed by atoms with Gasteiger partial charge in [-0.25, -0.2) is 0 Å². The fraction of sp³-hybridized carbons (Fsp3) is 0.962. The molecule has 2 aliphatic heterocycles. The summed E-state index contributed by atoms with van der Waals surface area (Å²) in [4.78, 5) is 18.0. The Balaban J connectivity index is 1.17. The molecule has 29 heavy (non-hydrogen) atoms. The summed E-state index contributed by atoms with van der Waals surface area (Å²) < 4.78 is 0. The van der Waals surface area contributed by atoms with E-state index in [0.29, 0.717) is 17.1 Å². The Bertz CT molecular complexity index is 539. The first-order chi connectivity index (χ1) is 13.9. The highest BCUT2D eigenvalue weighted by molar-refractivity contribution is 5.82. The molecule has 2 aliphatic carbocycles. The second kappa shape index (κ2) is 8.99. The standard InChI is InChI=1S/C26H46N2O/c1-19(2)21-7-13-27(14-8-21)23-9-15-28(16-10-23)24-17-26(18-24)11-5-22(6-12-26)25(29)20(3)4/h19-24H,5-18H2,1-4H3/t22-,24-,26?. The van der Waals surface area contributed by atoms with Gasteiger partial charge in [0.05, 0.1) is 0 Å². The Hall–Kier alpha value is -0.410. The minimum Gasteiger partial charge on any atom is -0.300 e. The normalized spacial score (nSPS) is 36.1. The van der Waals surface area contributed by atoms with E-state index >= 15 is 0 Å². The lowest BCUT2D eigenvalue weighted by Gasteiger charge is -2.56. The molecular weight excluding hydrogens is 356 g/mol. The van der Waals surface area contributed by atoms with E-state index in [2.05, 4.69) is 37.5 Å². The minimum absolute atomic E-state index is 0.223. The topological polar surface area (TPSA) is 23.6 Å². The molecule has 0 bridgehead atoms. The molecule has 0 aromatic rings. The highest BCUT2D eigenvalue weighted by Gasteiger charge is 2.49. The molecular formula is C26H46N2O. The average molecular weight is 403 g/mol. The zero-order chi connectivity index (χ0) is 20.6. The fourth-order valence-electron chi connectivity index (χ4n) is 7.16. The zero-order valence-electron chi connectivity index (χ0n) is 19.7. The smallest absolute Gasteiger partial charge is 0.138 e. The van der Waals surface area contributed by atoms with Crippen LogP contribution in [0.3, 0.4) is 0 Å². The highest BCUT2D eigenvalue weighted by atomic mass is 16.1. The molecule has 4 fully saturated rings. The van der Waals surface area contributed by atoms with Crippen molar-refractivity contribution in [3.05, 3.63) is 0 Å². The molecule has 0 amide bonds. The third kappa shape index (κ3) is 4.76. The number of piperidine rings is 2. The van der Waals surface area contributed by atoms with Gasteiger partial charge in [0.15, 0.2) is 0 Å². The van der Waals surface area contributed by atoms with Gasteiger partial charge in [-0.1, -0.05) is 27.7 Å². The van der Waals surface area contributed by atoms with Crippen molar-refractivity contribution in [3.63, 3.8) is 0 Å². The predicted octanol–water partition coefficient (Wildman–Crippen LogP) is 5.38. The molecule has 4 aliphatic rings. The van der Waals surface area contributed by atoms with Crippen LogP contribution in [-0.4, -0.2) is 53.8 Å². The third-order valence-corrected chi connectivity index (χ3v) is 9.40. The number of nitrogens with zero attached hydrogens (tertiary/aromatic N) is 2. The SMILES string of the molecule is CC(C)C(=O)[C@H]1CCC2(CC1)C[C@H](N1CCC(N3CCC(C(C)C)CC3)CC1)C2. The lowest BCUT2D eigenvalue weighted by atomic mass is 9.56. The van der Waals surface area contributed by atoms with Gasteiger partial charge in [-0.15, -0.1) is 0 Å². The number of carbonyl (C=O) groups excluding carboxylic acids is 1. The van der Waals surface area contributed by atoms with Crippen LogP contribution in [0.5, 0.6) is 0 Å². The van der Waals surface area contributed by atoms with Crippen LogP contribution in [0.1, 0.15) is 91.9 Å².